The largest absolute Gasteiger partial charge is 0.512 e. The van der Waals surface area contributed by atoms with Crippen molar-refractivity contribution in [3.05, 3.63) is 58.9 Å². The summed E-state index contributed by atoms with van der Waals surface area (Å²) < 4.78 is 0. The molecule has 2 rings (SSSR count). The number of aliphatic hydroxyl groups is 1. The summed E-state index contributed by atoms with van der Waals surface area (Å²) in [7, 11) is 0. The summed E-state index contributed by atoms with van der Waals surface area (Å²) in [5.41, 5.74) is 3.12. The van der Waals surface area contributed by atoms with Gasteiger partial charge in [-0.05, 0) is 35.6 Å². The lowest BCUT2D eigenvalue weighted by molar-refractivity contribution is -0.104. The second-order valence-corrected chi connectivity index (χ2v) is 3.94. The minimum Gasteiger partial charge on any atom is -0.512 e. The molecule has 0 unspecified atom stereocenters. The van der Waals surface area contributed by atoms with Crippen LogP contribution in [0.3, 0.4) is 0 Å². The van der Waals surface area contributed by atoms with Crippen molar-refractivity contribution in [2.75, 3.05) is 0 Å². The van der Waals surface area contributed by atoms with Crippen LogP contribution in [0, 0.1) is 0 Å². The highest BCUT2D eigenvalue weighted by Gasteiger charge is 2.08. The van der Waals surface area contributed by atoms with Crippen molar-refractivity contribution in [1.29, 1.82) is 0 Å². The van der Waals surface area contributed by atoms with Gasteiger partial charge < -0.3 is 5.11 Å². The van der Waals surface area contributed by atoms with E-state index in [9.17, 15) is 9.90 Å². The average molecular weight is 214 g/mol. The smallest absolute Gasteiger partial charge is 0.146 e. The zero-order valence-corrected chi connectivity index (χ0v) is 9.02. The SMILES string of the molecule is O=CC1=CC=C(C2=CC=C(O)CC2)C=CC1. The molecule has 0 atom stereocenters. The number of carbonyl (C=O) groups is 1. The van der Waals surface area contributed by atoms with Crippen molar-refractivity contribution in [3.63, 3.8) is 0 Å². The quantitative estimate of drug-likeness (QED) is 0.717. The van der Waals surface area contributed by atoms with Gasteiger partial charge in [-0.2, -0.15) is 0 Å². The summed E-state index contributed by atoms with van der Waals surface area (Å²) in [4.78, 5) is 10.7. The first-order valence-electron chi connectivity index (χ1n) is 5.41. The van der Waals surface area contributed by atoms with E-state index >= 15 is 0 Å². The second-order valence-electron chi connectivity index (χ2n) is 3.94. The molecule has 1 N–H and O–H groups in total. The standard InChI is InChI=1S/C14H14O2/c15-10-11-2-1-3-12(5-4-11)13-6-8-14(16)9-7-13/h1,3-6,8,10,16H,2,7,9H2. The second kappa shape index (κ2) is 4.79. The zero-order valence-electron chi connectivity index (χ0n) is 9.02. The Bertz CT molecular complexity index is 445. The molecule has 0 heterocycles. The van der Waals surface area contributed by atoms with E-state index in [0.717, 1.165) is 23.9 Å². The van der Waals surface area contributed by atoms with Crippen LogP contribution in [0.4, 0.5) is 0 Å². The molecule has 2 aliphatic rings. The summed E-state index contributed by atoms with van der Waals surface area (Å²) >= 11 is 0. The Morgan fingerprint density at radius 1 is 1.12 bits per heavy atom. The Morgan fingerprint density at radius 2 is 2.00 bits per heavy atom. The maximum absolute atomic E-state index is 10.7. The van der Waals surface area contributed by atoms with E-state index < -0.39 is 0 Å². The molecule has 0 bridgehead atoms. The van der Waals surface area contributed by atoms with Crippen molar-refractivity contribution in [2.45, 2.75) is 19.3 Å². The lowest BCUT2D eigenvalue weighted by atomic mass is 9.96. The van der Waals surface area contributed by atoms with Crippen LogP contribution in [0.2, 0.25) is 0 Å². The number of aldehydes is 1. The Hall–Kier alpha value is -1.83. The lowest BCUT2D eigenvalue weighted by Gasteiger charge is -2.11. The maximum Gasteiger partial charge on any atom is 0.146 e. The number of rotatable bonds is 2. The van der Waals surface area contributed by atoms with Crippen LogP contribution in [0.15, 0.2) is 58.9 Å². The van der Waals surface area contributed by atoms with Crippen molar-refractivity contribution in [1.82, 2.24) is 0 Å². The maximum atomic E-state index is 10.7. The highest BCUT2D eigenvalue weighted by Crippen LogP contribution is 2.25. The normalized spacial score (nSPS) is 20.2. The van der Waals surface area contributed by atoms with Gasteiger partial charge in [0.05, 0.1) is 5.76 Å². The van der Waals surface area contributed by atoms with Crippen LogP contribution in [-0.2, 0) is 4.79 Å². The molecule has 0 saturated heterocycles. The Balaban J connectivity index is 2.25. The first kappa shape index (κ1) is 10.7. The number of aliphatic hydroxyl groups excluding tert-OH is 1. The van der Waals surface area contributed by atoms with Gasteiger partial charge in [0.1, 0.15) is 6.29 Å². The predicted octanol–water partition coefficient (Wildman–Crippen LogP) is 3.16. The highest BCUT2D eigenvalue weighted by molar-refractivity contribution is 5.75. The van der Waals surface area contributed by atoms with Crippen LogP contribution in [0.25, 0.3) is 0 Å². The van der Waals surface area contributed by atoms with Crippen LogP contribution in [-0.4, -0.2) is 11.4 Å². The third-order valence-electron chi connectivity index (χ3n) is 2.78. The first-order chi connectivity index (χ1) is 7.79. The third kappa shape index (κ3) is 2.40. The number of allylic oxidation sites excluding steroid dienone is 10. The average Bonchev–Trinajstić information content (AvgIpc) is 2.55. The van der Waals surface area contributed by atoms with Gasteiger partial charge in [0.2, 0.25) is 0 Å². The first-order valence-corrected chi connectivity index (χ1v) is 5.41. The van der Waals surface area contributed by atoms with Crippen molar-refractivity contribution in [3.8, 4) is 0 Å². The van der Waals surface area contributed by atoms with E-state index in [2.05, 4.69) is 0 Å². The molecule has 16 heavy (non-hydrogen) atoms. The summed E-state index contributed by atoms with van der Waals surface area (Å²) in [5, 5.41) is 9.28. The fourth-order valence-electron chi connectivity index (χ4n) is 1.81. The topological polar surface area (TPSA) is 37.3 Å². The summed E-state index contributed by atoms with van der Waals surface area (Å²) in [6.07, 6.45) is 14.7. The summed E-state index contributed by atoms with van der Waals surface area (Å²) in [6.45, 7) is 0. The van der Waals surface area contributed by atoms with Gasteiger partial charge in [0, 0.05) is 6.42 Å². The molecule has 0 spiro atoms. The molecule has 2 nitrogen and oxygen atoms in total. The van der Waals surface area contributed by atoms with Crippen molar-refractivity contribution >= 4 is 6.29 Å². The van der Waals surface area contributed by atoms with Crippen LogP contribution >= 0.6 is 0 Å². The van der Waals surface area contributed by atoms with Gasteiger partial charge in [-0.15, -0.1) is 0 Å². The van der Waals surface area contributed by atoms with Gasteiger partial charge in [-0.1, -0.05) is 30.4 Å². The zero-order chi connectivity index (χ0) is 11.4. The lowest BCUT2D eigenvalue weighted by Crippen LogP contribution is -1.94. The van der Waals surface area contributed by atoms with Crippen LogP contribution < -0.4 is 0 Å². The van der Waals surface area contributed by atoms with E-state index in [1.807, 2.05) is 30.4 Å². The van der Waals surface area contributed by atoms with E-state index in [4.69, 9.17) is 0 Å². The molecule has 2 heteroatoms. The van der Waals surface area contributed by atoms with Crippen LogP contribution in [0.1, 0.15) is 19.3 Å². The molecular formula is C14H14O2. The summed E-state index contributed by atoms with van der Waals surface area (Å²) in [6, 6.07) is 0. The molecule has 0 saturated carbocycles. The van der Waals surface area contributed by atoms with E-state index in [1.165, 1.54) is 5.57 Å². The minimum absolute atomic E-state index is 0.436. The van der Waals surface area contributed by atoms with Crippen molar-refractivity contribution in [2.24, 2.45) is 0 Å². The fraction of sp³-hybridized carbons (Fsp3) is 0.214. The van der Waals surface area contributed by atoms with Gasteiger partial charge in [0.15, 0.2) is 0 Å². The van der Waals surface area contributed by atoms with E-state index in [1.54, 1.807) is 6.08 Å². The van der Waals surface area contributed by atoms with Gasteiger partial charge in [0.25, 0.3) is 0 Å². The number of hydrogen-bond donors (Lipinski definition) is 1. The van der Waals surface area contributed by atoms with Gasteiger partial charge in [-0.3, -0.25) is 4.79 Å². The van der Waals surface area contributed by atoms with Gasteiger partial charge >= 0.3 is 0 Å². The Labute approximate surface area is 95.0 Å². The molecule has 0 aromatic rings. The number of hydrogen-bond acceptors (Lipinski definition) is 2. The monoisotopic (exact) mass is 214 g/mol. The minimum atomic E-state index is 0.436. The molecule has 2 aliphatic carbocycles. The number of carbonyl (C=O) groups excluding carboxylic acids is 1. The van der Waals surface area contributed by atoms with E-state index in [0.29, 0.717) is 18.6 Å². The molecule has 0 aromatic carbocycles. The van der Waals surface area contributed by atoms with Crippen LogP contribution in [0.5, 0.6) is 0 Å². The highest BCUT2D eigenvalue weighted by atomic mass is 16.3. The third-order valence-corrected chi connectivity index (χ3v) is 2.78. The molecular weight excluding hydrogens is 200 g/mol. The van der Waals surface area contributed by atoms with E-state index in [-0.39, 0.29) is 0 Å². The molecule has 0 radical (unpaired) electrons. The van der Waals surface area contributed by atoms with Gasteiger partial charge in [-0.25, -0.2) is 0 Å². The molecule has 0 aliphatic heterocycles. The molecule has 0 aromatic heterocycles. The predicted molar refractivity (Wildman–Crippen MR) is 64.0 cm³/mol. The molecule has 0 fully saturated rings. The fourth-order valence-corrected chi connectivity index (χ4v) is 1.81. The van der Waals surface area contributed by atoms with Crippen molar-refractivity contribution < 1.29 is 9.90 Å². The Kier molecular flexibility index (Phi) is 3.20. The summed E-state index contributed by atoms with van der Waals surface area (Å²) in [5.74, 6) is 0.436. The molecule has 0 amide bonds. The molecule has 82 valence electrons. The Morgan fingerprint density at radius 3 is 2.69 bits per heavy atom.